The number of ether oxygens (including phenoxy) is 1. The Kier molecular flexibility index (Phi) is 3.49. The van der Waals surface area contributed by atoms with Crippen molar-refractivity contribution in [2.75, 3.05) is 13.2 Å². The van der Waals surface area contributed by atoms with Crippen molar-refractivity contribution in [2.45, 2.75) is 12.1 Å². The predicted molar refractivity (Wildman–Crippen MR) is 62.1 cm³/mol. The molecule has 0 bridgehead atoms. The van der Waals surface area contributed by atoms with Crippen molar-refractivity contribution in [3.63, 3.8) is 0 Å². The van der Waals surface area contributed by atoms with E-state index in [1.807, 2.05) is 30.3 Å². The molecular formula is C13H15NO2. The Labute approximate surface area is 95.1 Å². The summed E-state index contributed by atoms with van der Waals surface area (Å²) in [6, 6.07) is 9.80. The zero-order chi connectivity index (χ0) is 11.4. The Morgan fingerprint density at radius 2 is 2.19 bits per heavy atom. The molecule has 1 aliphatic heterocycles. The van der Waals surface area contributed by atoms with Gasteiger partial charge in [-0.25, -0.2) is 0 Å². The summed E-state index contributed by atoms with van der Waals surface area (Å²) in [4.78, 5) is 11.7. The molecular weight excluding hydrogens is 202 g/mol. The third kappa shape index (κ3) is 2.21. The van der Waals surface area contributed by atoms with Crippen LogP contribution in [0.3, 0.4) is 0 Å². The largest absolute Gasteiger partial charge is 0.367 e. The van der Waals surface area contributed by atoms with Gasteiger partial charge in [0, 0.05) is 6.54 Å². The van der Waals surface area contributed by atoms with Crippen LogP contribution in [0.1, 0.15) is 11.6 Å². The average molecular weight is 217 g/mol. The van der Waals surface area contributed by atoms with Crippen molar-refractivity contribution in [1.82, 2.24) is 5.32 Å². The number of carbonyl (C=O) groups is 1. The summed E-state index contributed by atoms with van der Waals surface area (Å²) in [5, 5.41) is 3.31. The highest BCUT2D eigenvalue weighted by molar-refractivity contribution is 5.93. The molecule has 2 unspecified atom stereocenters. The highest BCUT2D eigenvalue weighted by Gasteiger charge is 2.31. The Morgan fingerprint density at radius 3 is 2.88 bits per heavy atom. The van der Waals surface area contributed by atoms with Crippen LogP contribution in [-0.4, -0.2) is 25.0 Å². The van der Waals surface area contributed by atoms with E-state index in [0.717, 1.165) is 12.1 Å². The van der Waals surface area contributed by atoms with Gasteiger partial charge in [-0.3, -0.25) is 4.79 Å². The molecule has 1 aromatic rings. The van der Waals surface area contributed by atoms with E-state index < -0.39 is 6.10 Å². The monoisotopic (exact) mass is 217 g/mol. The maximum Gasteiger partial charge on any atom is 0.185 e. The van der Waals surface area contributed by atoms with E-state index in [1.165, 1.54) is 6.08 Å². The van der Waals surface area contributed by atoms with Gasteiger partial charge in [0.25, 0.3) is 0 Å². The normalized spacial score (nSPS) is 25.0. The number of hydrogen-bond donors (Lipinski definition) is 1. The fourth-order valence-electron chi connectivity index (χ4n) is 1.92. The highest BCUT2D eigenvalue weighted by Crippen LogP contribution is 2.22. The first-order chi connectivity index (χ1) is 7.83. The van der Waals surface area contributed by atoms with Gasteiger partial charge in [0.1, 0.15) is 6.10 Å². The lowest BCUT2D eigenvalue weighted by molar-refractivity contribution is -0.130. The van der Waals surface area contributed by atoms with E-state index in [9.17, 15) is 4.79 Å². The number of benzene rings is 1. The van der Waals surface area contributed by atoms with Crippen molar-refractivity contribution < 1.29 is 9.53 Å². The highest BCUT2D eigenvalue weighted by atomic mass is 16.5. The lowest BCUT2D eigenvalue weighted by Gasteiger charge is -2.31. The van der Waals surface area contributed by atoms with Gasteiger partial charge in [-0.1, -0.05) is 36.9 Å². The van der Waals surface area contributed by atoms with Crippen molar-refractivity contribution in [1.29, 1.82) is 0 Å². The predicted octanol–water partition coefficient (Wildman–Crippen LogP) is 1.47. The maximum absolute atomic E-state index is 11.7. The molecule has 0 aromatic heterocycles. The number of nitrogens with one attached hydrogen (secondary N) is 1. The van der Waals surface area contributed by atoms with Crippen LogP contribution >= 0.6 is 0 Å². The summed E-state index contributed by atoms with van der Waals surface area (Å²) < 4.78 is 5.51. The number of hydrogen-bond acceptors (Lipinski definition) is 3. The molecule has 0 amide bonds. The first-order valence-corrected chi connectivity index (χ1v) is 5.39. The fourth-order valence-corrected chi connectivity index (χ4v) is 1.92. The van der Waals surface area contributed by atoms with Crippen LogP contribution in [0.4, 0.5) is 0 Å². The minimum absolute atomic E-state index is 0.0685. The quantitative estimate of drug-likeness (QED) is 0.779. The topological polar surface area (TPSA) is 38.3 Å². The van der Waals surface area contributed by atoms with E-state index in [4.69, 9.17) is 4.74 Å². The molecule has 1 aliphatic rings. The minimum atomic E-state index is -0.450. The molecule has 0 aliphatic carbocycles. The first kappa shape index (κ1) is 11.0. The second-order valence-electron chi connectivity index (χ2n) is 3.74. The summed E-state index contributed by atoms with van der Waals surface area (Å²) in [6.45, 7) is 4.83. The second kappa shape index (κ2) is 5.05. The maximum atomic E-state index is 11.7. The Hall–Kier alpha value is -1.45. The SMILES string of the molecule is C=CC(=O)C1OCCNC1c1ccccc1. The van der Waals surface area contributed by atoms with E-state index >= 15 is 0 Å². The summed E-state index contributed by atoms with van der Waals surface area (Å²) in [7, 11) is 0. The summed E-state index contributed by atoms with van der Waals surface area (Å²) in [6.07, 6.45) is 0.877. The van der Waals surface area contributed by atoms with Gasteiger partial charge in [-0.15, -0.1) is 0 Å². The molecule has 0 radical (unpaired) electrons. The fraction of sp³-hybridized carbons (Fsp3) is 0.308. The van der Waals surface area contributed by atoms with Crippen LogP contribution < -0.4 is 5.32 Å². The van der Waals surface area contributed by atoms with Crippen LogP contribution in [0.5, 0.6) is 0 Å². The van der Waals surface area contributed by atoms with Gasteiger partial charge >= 0.3 is 0 Å². The molecule has 84 valence electrons. The summed E-state index contributed by atoms with van der Waals surface area (Å²) in [5.74, 6) is -0.0685. The molecule has 3 nitrogen and oxygen atoms in total. The molecule has 2 atom stereocenters. The second-order valence-corrected chi connectivity index (χ2v) is 3.74. The molecule has 1 saturated heterocycles. The van der Waals surface area contributed by atoms with Gasteiger partial charge in [0.2, 0.25) is 0 Å². The zero-order valence-corrected chi connectivity index (χ0v) is 9.06. The van der Waals surface area contributed by atoms with Gasteiger partial charge in [0.15, 0.2) is 5.78 Å². The van der Waals surface area contributed by atoms with Crippen molar-refractivity contribution in [3.05, 3.63) is 48.6 Å². The van der Waals surface area contributed by atoms with Gasteiger partial charge in [-0.2, -0.15) is 0 Å². The molecule has 1 N–H and O–H groups in total. The van der Waals surface area contributed by atoms with Crippen LogP contribution in [0.2, 0.25) is 0 Å². The van der Waals surface area contributed by atoms with E-state index in [-0.39, 0.29) is 11.8 Å². The van der Waals surface area contributed by atoms with Crippen LogP contribution in [0.15, 0.2) is 43.0 Å². The molecule has 0 saturated carbocycles. The van der Waals surface area contributed by atoms with Crippen molar-refractivity contribution >= 4 is 5.78 Å². The molecule has 1 heterocycles. The van der Waals surface area contributed by atoms with Crippen molar-refractivity contribution in [3.8, 4) is 0 Å². The summed E-state index contributed by atoms with van der Waals surface area (Å²) in [5.41, 5.74) is 1.07. The minimum Gasteiger partial charge on any atom is -0.367 e. The summed E-state index contributed by atoms with van der Waals surface area (Å²) >= 11 is 0. The van der Waals surface area contributed by atoms with E-state index in [0.29, 0.717) is 6.61 Å². The third-order valence-corrected chi connectivity index (χ3v) is 2.71. The standard InChI is InChI=1S/C13H15NO2/c1-2-11(15)13-12(14-8-9-16-13)10-6-4-3-5-7-10/h2-7,12-14H,1,8-9H2. The molecule has 1 fully saturated rings. The van der Waals surface area contributed by atoms with Gasteiger partial charge in [-0.05, 0) is 11.6 Å². The molecule has 1 aromatic carbocycles. The number of rotatable bonds is 3. The molecule has 3 heteroatoms. The molecule has 2 rings (SSSR count). The molecule has 16 heavy (non-hydrogen) atoms. The van der Waals surface area contributed by atoms with Crippen LogP contribution in [0, 0.1) is 0 Å². The zero-order valence-electron chi connectivity index (χ0n) is 9.06. The molecule has 0 spiro atoms. The van der Waals surface area contributed by atoms with Crippen LogP contribution in [0.25, 0.3) is 0 Å². The average Bonchev–Trinajstić information content (AvgIpc) is 2.39. The lowest BCUT2D eigenvalue weighted by atomic mass is 9.97. The number of morpholine rings is 1. The first-order valence-electron chi connectivity index (χ1n) is 5.39. The van der Waals surface area contributed by atoms with Gasteiger partial charge in [0.05, 0.1) is 12.6 Å². The lowest BCUT2D eigenvalue weighted by Crippen LogP contribution is -2.45. The number of carbonyl (C=O) groups excluding carboxylic acids is 1. The third-order valence-electron chi connectivity index (χ3n) is 2.71. The van der Waals surface area contributed by atoms with Gasteiger partial charge < -0.3 is 10.1 Å². The number of ketones is 1. The Bertz CT molecular complexity index is 375. The smallest absolute Gasteiger partial charge is 0.185 e. The van der Waals surface area contributed by atoms with E-state index in [1.54, 1.807) is 0 Å². The Balaban J connectivity index is 2.23. The van der Waals surface area contributed by atoms with Crippen LogP contribution in [-0.2, 0) is 9.53 Å². The van der Waals surface area contributed by atoms with E-state index in [2.05, 4.69) is 11.9 Å². The van der Waals surface area contributed by atoms with Crippen molar-refractivity contribution in [2.24, 2.45) is 0 Å². The Morgan fingerprint density at radius 1 is 1.44 bits per heavy atom.